The second-order valence-corrected chi connectivity index (χ2v) is 5.45. The van der Waals surface area contributed by atoms with Gasteiger partial charge in [0.15, 0.2) is 0 Å². The Balaban J connectivity index is 2.21. The van der Waals surface area contributed by atoms with Crippen molar-refractivity contribution < 1.29 is 15.3 Å². The van der Waals surface area contributed by atoms with Crippen LogP contribution in [0.4, 0.5) is 0 Å². The molecule has 0 unspecified atom stereocenters. The van der Waals surface area contributed by atoms with Crippen molar-refractivity contribution in [3.8, 4) is 11.5 Å². The lowest BCUT2D eigenvalue weighted by Crippen LogP contribution is -2.46. The van der Waals surface area contributed by atoms with E-state index in [4.69, 9.17) is 0 Å². The Hall–Kier alpha value is -2.04. The summed E-state index contributed by atoms with van der Waals surface area (Å²) in [6.45, 7) is 0.814. The van der Waals surface area contributed by atoms with Crippen LogP contribution in [0.15, 0.2) is 48.5 Å². The van der Waals surface area contributed by atoms with Gasteiger partial charge in [-0.3, -0.25) is 0 Å². The number of benzene rings is 2. The van der Waals surface area contributed by atoms with Crippen LogP contribution < -0.4 is 5.32 Å². The summed E-state index contributed by atoms with van der Waals surface area (Å²) in [6.07, 6.45) is 1.73. The molecule has 0 bridgehead atoms. The van der Waals surface area contributed by atoms with E-state index in [-0.39, 0.29) is 17.5 Å². The molecule has 0 spiro atoms. The van der Waals surface area contributed by atoms with Crippen LogP contribution >= 0.6 is 0 Å². The highest BCUT2D eigenvalue weighted by molar-refractivity contribution is 5.50. The van der Waals surface area contributed by atoms with Crippen molar-refractivity contribution in [1.82, 2.24) is 5.32 Å². The van der Waals surface area contributed by atoms with Gasteiger partial charge in [-0.1, -0.05) is 36.4 Å². The van der Waals surface area contributed by atoms with Crippen LogP contribution in [0.25, 0.3) is 0 Å². The number of rotatable bonds is 3. The summed E-state index contributed by atoms with van der Waals surface area (Å²) in [7, 11) is 0. The second kappa shape index (κ2) is 5.39. The van der Waals surface area contributed by atoms with Gasteiger partial charge in [-0.25, -0.2) is 0 Å². The van der Waals surface area contributed by atoms with Crippen molar-refractivity contribution in [3.63, 3.8) is 0 Å². The lowest BCUT2D eigenvalue weighted by molar-refractivity contribution is 0.0397. The Labute approximate surface area is 123 Å². The molecule has 1 fully saturated rings. The lowest BCUT2D eigenvalue weighted by atomic mass is 9.78. The van der Waals surface area contributed by atoms with Crippen LogP contribution in [0.5, 0.6) is 11.5 Å². The fourth-order valence-electron chi connectivity index (χ4n) is 3.15. The average Bonchev–Trinajstić information content (AvgIpc) is 3.02. The topological polar surface area (TPSA) is 72.7 Å². The van der Waals surface area contributed by atoms with E-state index in [0.717, 1.165) is 19.4 Å². The Morgan fingerprint density at radius 3 is 1.86 bits per heavy atom. The molecule has 0 amide bonds. The average molecular weight is 285 g/mol. The zero-order chi connectivity index (χ0) is 14.9. The summed E-state index contributed by atoms with van der Waals surface area (Å²) in [5, 5.41) is 35.1. The highest BCUT2D eigenvalue weighted by Gasteiger charge is 2.44. The van der Waals surface area contributed by atoms with Gasteiger partial charge >= 0.3 is 0 Å². The van der Waals surface area contributed by atoms with Crippen LogP contribution in [0.3, 0.4) is 0 Å². The first kappa shape index (κ1) is 13.9. The van der Waals surface area contributed by atoms with E-state index in [2.05, 4.69) is 5.32 Å². The van der Waals surface area contributed by atoms with E-state index >= 15 is 0 Å². The van der Waals surface area contributed by atoms with Crippen LogP contribution in [0.2, 0.25) is 0 Å². The smallest absolute Gasteiger partial charge is 0.137 e. The van der Waals surface area contributed by atoms with E-state index < -0.39 is 5.60 Å². The molecule has 110 valence electrons. The maximum atomic E-state index is 11.4. The molecule has 0 radical (unpaired) electrons. The maximum absolute atomic E-state index is 11.4. The summed E-state index contributed by atoms with van der Waals surface area (Å²) in [5.74, 6) is 0.0499. The minimum Gasteiger partial charge on any atom is -0.508 e. The lowest BCUT2D eigenvalue weighted by Gasteiger charge is -2.36. The number of hydrogen-bond acceptors (Lipinski definition) is 4. The van der Waals surface area contributed by atoms with Gasteiger partial charge in [-0.2, -0.15) is 0 Å². The molecule has 21 heavy (non-hydrogen) atoms. The quantitative estimate of drug-likeness (QED) is 0.697. The van der Waals surface area contributed by atoms with Crippen LogP contribution in [-0.4, -0.2) is 27.9 Å². The van der Waals surface area contributed by atoms with Gasteiger partial charge < -0.3 is 20.6 Å². The first-order chi connectivity index (χ1) is 10.1. The SMILES string of the molecule is Oc1ccccc1C(O)(c1ccccc1O)[C@@H]1CCCN1. The van der Waals surface area contributed by atoms with Crippen molar-refractivity contribution in [2.45, 2.75) is 24.5 Å². The highest BCUT2D eigenvalue weighted by atomic mass is 16.3. The molecule has 1 heterocycles. The number of phenols is 2. The van der Waals surface area contributed by atoms with Crippen molar-refractivity contribution in [1.29, 1.82) is 0 Å². The Morgan fingerprint density at radius 1 is 0.905 bits per heavy atom. The number of phenolic OH excluding ortho intramolecular Hbond substituents is 2. The van der Waals surface area contributed by atoms with Gasteiger partial charge in [0, 0.05) is 17.2 Å². The third kappa shape index (κ3) is 2.26. The first-order valence-corrected chi connectivity index (χ1v) is 7.16. The fourth-order valence-corrected chi connectivity index (χ4v) is 3.15. The van der Waals surface area contributed by atoms with Crippen molar-refractivity contribution in [2.75, 3.05) is 6.54 Å². The van der Waals surface area contributed by atoms with E-state index in [1.807, 2.05) is 0 Å². The molecule has 0 aromatic heterocycles. The van der Waals surface area contributed by atoms with E-state index in [9.17, 15) is 15.3 Å². The number of aromatic hydroxyl groups is 2. The zero-order valence-corrected chi connectivity index (χ0v) is 11.7. The molecule has 4 nitrogen and oxygen atoms in total. The van der Waals surface area contributed by atoms with Gasteiger partial charge in [-0.05, 0) is 31.5 Å². The van der Waals surface area contributed by atoms with Crippen molar-refractivity contribution >= 4 is 0 Å². The minimum absolute atomic E-state index is 0.0250. The molecule has 2 aromatic carbocycles. The monoisotopic (exact) mass is 285 g/mol. The normalized spacial score (nSPS) is 18.8. The number of aliphatic hydroxyl groups is 1. The summed E-state index contributed by atoms with van der Waals surface area (Å²) < 4.78 is 0. The summed E-state index contributed by atoms with van der Waals surface area (Å²) in [6, 6.07) is 13.2. The highest BCUT2D eigenvalue weighted by Crippen LogP contribution is 2.43. The predicted molar refractivity (Wildman–Crippen MR) is 80.2 cm³/mol. The van der Waals surface area contributed by atoms with E-state index in [1.165, 1.54) is 0 Å². The van der Waals surface area contributed by atoms with Gasteiger partial charge in [0.05, 0.1) is 0 Å². The molecular formula is C17H19NO3. The third-order valence-electron chi connectivity index (χ3n) is 4.19. The Morgan fingerprint density at radius 2 is 1.43 bits per heavy atom. The first-order valence-electron chi connectivity index (χ1n) is 7.16. The van der Waals surface area contributed by atoms with Gasteiger partial charge in [0.1, 0.15) is 17.1 Å². The standard InChI is InChI=1S/C17H19NO3/c19-14-8-3-1-6-12(14)17(21,16-10-5-11-18-16)13-7-2-4-9-15(13)20/h1-4,6-9,16,18-21H,5,10-11H2/t16-/m0/s1. The number of hydrogen-bond donors (Lipinski definition) is 4. The van der Waals surface area contributed by atoms with Gasteiger partial charge in [0.25, 0.3) is 0 Å². The third-order valence-corrected chi connectivity index (χ3v) is 4.19. The van der Waals surface area contributed by atoms with Crippen LogP contribution in [0, 0.1) is 0 Å². The number of para-hydroxylation sites is 2. The molecule has 0 saturated carbocycles. The van der Waals surface area contributed by atoms with E-state index in [1.54, 1.807) is 48.5 Å². The largest absolute Gasteiger partial charge is 0.508 e. The van der Waals surface area contributed by atoms with Crippen LogP contribution in [0.1, 0.15) is 24.0 Å². The summed E-state index contributed by atoms with van der Waals surface area (Å²) >= 11 is 0. The maximum Gasteiger partial charge on any atom is 0.137 e. The molecule has 3 rings (SSSR count). The molecule has 2 aromatic rings. The van der Waals surface area contributed by atoms with Crippen molar-refractivity contribution in [2.24, 2.45) is 0 Å². The molecule has 1 atom stereocenters. The molecule has 4 N–H and O–H groups in total. The molecule has 0 aliphatic carbocycles. The Bertz CT molecular complexity index is 590. The van der Waals surface area contributed by atoms with Crippen molar-refractivity contribution in [3.05, 3.63) is 59.7 Å². The molecule has 4 heteroatoms. The van der Waals surface area contributed by atoms with Gasteiger partial charge in [-0.15, -0.1) is 0 Å². The molecular weight excluding hydrogens is 266 g/mol. The van der Waals surface area contributed by atoms with E-state index in [0.29, 0.717) is 11.1 Å². The minimum atomic E-state index is -1.47. The predicted octanol–water partition coefficient (Wildman–Crippen LogP) is 2.09. The number of nitrogens with one attached hydrogen (secondary N) is 1. The Kier molecular flexibility index (Phi) is 3.57. The molecule has 1 aliphatic rings. The fraction of sp³-hybridized carbons (Fsp3) is 0.294. The zero-order valence-electron chi connectivity index (χ0n) is 11.7. The molecule has 1 saturated heterocycles. The van der Waals surface area contributed by atoms with Gasteiger partial charge in [0.2, 0.25) is 0 Å². The van der Waals surface area contributed by atoms with Crippen LogP contribution in [-0.2, 0) is 5.60 Å². The summed E-state index contributed by atoms with van der Waals surface area (Å²) in [4.78, 5) is 0. The second-order valence-electron chi connectivity index (χ2n) is 5.45. The summed E-state index contributed by atoms with van der Waals surface area (Å²) in [5.41, 5.74) is -0.649. The molecule has 1 aliphatic heterocycles.